The first-order valence-corrected chi connectivity index (χ1v) is 5.39. The van der Waals surface area contributed by atoms with Gasteiger partial charge in [0.05, 0.1) is 7.11 Å². The van der Waals surface area contributed by atoms with Crippen LogP contribution in [0.1, 0.15) is 5.69 Å². The van der Waals surface area contributed by atoms with Crippen LogP contribution in [0.25, 0.3) is 11.1 Å². The summed E-state index contributed by atoms with van der Waals surface area (Å²) in [6, 6.07) is 7.24. The minimum Gasteiger partial charge on any atom is -0.497 e. The fraction of sp³-hybridized carbons (Fsp3) is 0.154. The first kappa shape index (κ1) is 13.2. The van der Waals surface area contributed by atoms with Gasteiger partial charge in [-0.1, -0.05) is 6.07 Å². The van der Waals surface area contributed by atoms with E-state index in [1.54, 1.807) is 18.2 Å². The summed E-state index contributed by atoms with van der Waals surface area (Å²) in [4.78, 5) is 3.40. The number of ether oxygens (including phenoxy) is 1. The number of pyridine rings is 1. The number of hydrogen-bond acceptors (Lipinski definition) is 3. The van der Waals surface area contributed by atoms with Crippen LogP contribution < -0.4 is 10.5 Å². The topological polar surface area (TPSA) is 48.1 Å². The minimum atomic E-state index is -4.44. The predicted octanol–water partition coefficient (Wildman–Crippen LogP) is 3.36. The van der Waals surface area contributed by atoms with E-state index in [2.05, 4.69) is 4.98 Å². The third-order valence-corrected chi connectivity index (χ3v) is 2.62. The van der Waals surface area contributed by atoms with E-state index >= 15 is 0 Å². The molecule has 2 aromatic rings. The quantitative estimate of drug-likeness (QED) is 0.849. The molecule has 0 amide bonds. The normalized spacial score (nSPS) is 11.4. The summed E-state index contributed by atoms with van der Waals surface area (Å²) in [6.07, 6.45) is -3.29. The number of methoxy groups -OCH3 is 1. The van der Waals surface area contributed by atoms with Crippen molar-refractivity contribution in [3.8, 4) is 16.9 Å². The molecule has 0 bridgehead atoms. The number of nitrogen functional groups attached to an aromatic ring is 1. The predicted molar refractivity (Wildman–Crippen MR) is 65.6 cm³/mol. The number of halogens is 3. The summed E-state index contributed by atoms with van der Waals surface area (Å²) >= 11 is 0. The lowest BCUT2D eigenvalue weighted by molar-refractivity contribution is -0.141. The Hall–Kier alpha value is -2.24. The third-order valence-electron chi connectivity index (χ3n) is 2.62. The SMILES string of the molecule is COc1ccc(-c2ccc(C(F)(F)F)nc2)c(N)c1. The number of aromatic nitrogens is 1. The fourth-order valence-electron chi connectivity index (χ4n) is 1.65. The first-order chi connectivity index (χ1) is 8.91. The molecule has 1 aromatic carbocycles. The maximum absolute atomic E-state index is 12.4. The Morgan fingerprint density at radius 2 is 1.89 bits per heavy atom. The van der Waals surface area contributed by atoms with Crippen LogP contribution >= 0.6 is 0 Å². The summed E-state index contributed by atoms with van der Waals surface area (Å²) < 4.78 is 42.2. The van der Waals surface area contributed by atoms with E-state index < -0.39 is 11.9 Å². The summed E-state index contributed by atoms with van der Waals surface area (Å²) in [6.45, 7) is 0. The molecule has 0 atom stereocenters. The molecule has 19 heavy (non-hydrogen) atoms. The maximum atomic E-state index is 12.4. The molecule has 1 heterocycles. The molecule has 6 heteroatoms. The highest BCUT2D eigenvalue weighted by Gasteiger charge is 2.32. The minimum absolute atomic E-state index is 0.418. The first-order valence-electron chi connectivity index (χ1n) is 5.39. The zero-order chi connectivity index (χ0) is 14.0. The van der Waals surface area contributed by atoms with Gasteiger partial charge in [0.15, 0.2) is 0 Å². The van der Waals surface area contributed by atoms with Crippen LogP contribution in [-0.2, 0) is 6.18 Å². The van der Waals surface area contributed by atoms with Gasteiger partial charge in [0.2, 0.25) is 0 Å². The lowest BCUT2D eigenvalue weighted by Gasteiger charge is -2.09. The lowest BCUT2D eigenvalue weighted by atomic mass is 10.1. The second-order valence-electron chi connectivity index (χ2n) is 3.88. The molecule has 1 aromatic heterocycles. The van der Waals surface area contributed by atoms with Crippen LogP contribution in [0.3, 0.4) is 0 Å². The highest BCUT2D eigenvalue weighted by molar-refractivity contribution is 5.76. The Morgan fingerprint density at radius 3 is 2.37 bits per heavy atom. The molecule has 0 unspecified atom stereocenters. The van der Waals surface area contributed by atoms with Crippen LogP contribution in [0.5, 0.6) is 5.75 Å². The molecule has 0 aliphatic carbocycles. The molecule has 0 fully saturated rings. The third kappa shape index (κ3) is 2.78. The highest BCUT2D eigenvalue weighted by Crippen LogP contribution is 2.32. The molecule has 0 saturated carbocycles. The van der Waals surface area contributed by atoms with Gasteiger partial charge >= 0.3 is 6.18 Å². The van der Waals surface area contributed by atoms with E-state index in [9.17, 15) is 13.2 Å². The molecule has 0 radical (unpaired) electrons. The van der Waals surface area contributed by atoms with E-state index in [1.165, 1.54) is 13.2 Å². The number of nitrogens with zero attached hydrogens (tertiary/aromatic N) is 1. The zero-order valence-electron chi connectivity index (χ0n) is 10.0. The Labute approximate surface area is 107 Å². The van der Waals surface area contributed by atoms with E-state index in [0.717, 1.165) is 12.3 Å². The van der Waals surface area contributed by atoms with Crippen molar-refractivity contribution in [2.75, 3.05) is 12.8 Å². The Morgan fingerprint density at radius 1 is 1.16 bits per heavy atom. The lowest BCUT2D eigenvalue weighted by Crippen LogP contribution is -2.07. The average molecular weight is 268 g/mol. The number of anilines is 1. The standard InChI is InChI=1S/C13H11F3N2O/c1-19-9-3-4-10(11(17)6-9)8-2-5-12(18-7-8)13(14,15)16/h2-7H,17H2,1H3. The molecule has 2 N–H and O–H groups in total. The molecule has 2 rings (SSSR count). The highest BCUT2D eigenvalue weighted by atomic mass is 19.4. The number of rotatable bonds is 2. The van der Waals surface area contributed by atoms with Crippen molar-refractivity contribution in [3.63, 3.8) is 0 Å². The van der Waals surface area contributed by atoms with Crippen molar-refractivity contribution in [1.29, 1.82) is 0 Å². The molecule has 0 saturated heterocycles. The molecule has 0 aliphatic rings. The Bertz CT molecular complexity index is 579. The van der Waals surface area contributed by atoms with Crippen molar-refractivity contribution in [2.24, 2.45) is 0 Å². The van der Waals surface area contributed by atoms with Crippen LogP contribution in [0.2, 0.25) is 0 Å². The molecular weight excluding hydrogens is 257 g/mol. The van der Waals surface area contributed by atoms with Crippen LogP contribution in [0.15, 0.2) is 36.5 Å². The number of hydrogen-bond donors (Lipinski definition) is 1. The second kappa shape index (κ2) is 4.79. The van der Waals surface area contributed by atoms with Crippen LogP contribution in [0.4, 0.5) is 18.9 Å². The fourth-order valence-corrected chi connectivity index (χ4v) is 1.65. The monoisotopic (exact) mass is 268 g/mol. The molecular formula is C13H11F3N2O. The number of nitrogens with two attached hydrogens (primary N) is 1. The van der Waals surface area contributed by atoms with Crippen molar-refractivity contribution in [3.05, 3.63) is 42.2 Å². The van der Waals surface area contributed by atoms with Gasteiger partial charge in [-0.2, -0.15) is 13.2 Å². The Kier molecular flexibility index (Phi) is 3.33. The van der Waals surface area contributed by atoms with E-state index in [-0.39, 0.29) is 0 Å². The van der Waals surface area contributed by atoms with Crippen molar-refractivity contribution < 1.29 is 17.9 Å². The van der Waals surface area contributed by atoms with Gasteiger partial charge in [-0.3, -0.25) is 4.98 Å². The van der Waals surface area contributed by atoms with Gasteiger partial charge in [-0.25, -0.2) is 0 Å². The van der Waals surface area contributed by atoms with Gasteiger partial charge in [-0.15, -0.1) is 0 Å². The van der Waals surface area contributed by atoms with Gasteiger partial charge in [0, 0.05) is 29.1 Å². The maximum Gasteiger partial charge on any atom is 0.433 e. The number of alkyl halides is 3. The molecule has 0 aliphatic heterocycles. The largest absolute Gasteiger partial charge is 0.497 e. The van der Waals surface area contributed by atoms with Crippen molar-refractivity contribution >= 4 is 5.69 Å². The second-order valence-corrected chi connectivity index (χ2v) is 3.88. The summed E-state index contributed by atoms with van der Waals surface area (Å²) in [7, 11) is 1.51. The van der Waals surface area contributed by atoms with Crippen LogP contribution in [0, 0.1) is 0 Å². The smallest absolute Gasteiger partial charge is 0.433 e. The summed E-state index contributed by atoms with van der Waals surface area (Å²) in [5, 5.41) is 0. The Balaban J connectivity index is 2.37. The molecule has 0 spiro atoms. The molecule has 100 valence electrons. The summed E-state index contributed by atoms with van der Waals surface area (Å²) in [5.41, 5.74) is 6.45. The van der Waals surface area contributed by atoms with Crippen molar-refractivity contribution in [1.82, 2.24) is 4.98 Å². The van der Waals surface area contributed by atoms with Gasteiger partial charge in [0.1, 0.15) is 11.4 Å². The summed E-state index contributed by atoms with van der Waals surface area (Å²) in [5.74, 6) is 0.584. The zero-order valence-corrected chi connectivity index (χ0v) is 10.0. The van der Waals surface area contributed by atoms with Gasteiger partial charge < -0.3 is 10.5 Å². The van der Waals surface area contributed by atoms with Crippen LogP contribution in [-0.4, -0.2) is 12.1 Å². The van der Waals surface area contributed by atoms with E-state index in [1.807, 2.05) is 0 Å². The van der Waals surface area contributed by atoms with Gasteiger partial charge in [0.25, 0.3) is 0 Å². The van der Waals surface area contributed by atoms with E-state index in [4.69, 9.17) is 10.5 Å². The van der Waals surface area contributed by atoms with E-state index in [0.29, 0.717) is 22.6 Å². The van der Waals surface area contributed by atoms with Gasteiger partial charge in [-0.05, 0) is 18.2 Å². The van der Waals surface area contributed by atoms with Crippen molar-refractivity contribution in [2.45, 2.75) is 6.18 Å². The number of benzene rings is 1. The molecule has 3 nitrogen and oxygen atoms in total. The average Bonchev–Trinajstić information content (AvgIpc) is 2.37.